The number of anilines is 1. The lowest BCUT2D eigenvalue weighted by molar-refractivity contribution is -0.122. The van der Waals surface area contributed by atoms with Gasteiger partial charge in [0.25, 0.3) is 0 Å². The summed E-state index contributed by atoms with van der Waals surface area (Å²) in [4.78, 5) is 29.3. The topological polar surface area (TPSA) is 92.1 Å². The number of primary amides is 1. The lowest BCUT2D eigenvalue weighted by Crippen LogP contribution is -2.40. The molecule has 92 valence electrons. The molecule has 7 heteroatoms. The van der Waals surface area contributed by atoms with E-state index < -0.39 is 11.5 Å². The van der Waals surface area contributed by atoms with Crippen molar-refractivity contribution >= 4 is 11.7 Å². The number of hydrogen-bond acceptors (Lipinski definition) is 4. The molecule has 0 aliphatic carbocycles. The molecule has 2 heterocycles. The van der Waals surface area contributed by atoms with Gasteiger partial charge in [0.05, 0.1) is 6.20 Å². The summed E-state index contributed by atoms with van der Waals surface area (Å²) >= 11 is 0. The van der Waals surface area contributed by atoms with Crippen LogP contribution in [0.25, 0.3) is 0 Å². The number of rotatable bonds is 2. The fourth-order valence-electron chi connectivity index (χ4n) is 1.99. The molecule has 0 aromatic carbocycles. The molecule has 17 heavy (non-hydrogen) atoms. The highest BCUT2D eigenvalue weighted by Crippen LogP contribution is 2.22. The molecule has 1 aromatic heterocycles. The van der Waals surface area contributed by atoms with Gasteiger partial charge in [0, 0.05) is 19.0 Å². The monoisotopic (exact) mass is 240 g/mol. The lowest BCUT2D eigenvalue weighted by Gasteiger charge is -2.31. The van der Waals surface area contributed by atoms with Gasteiger partial charge in [-0.05, 0) is 12.8 Å². The van der Waals surface area contributed by atoms with Gasteiger partial charge >= 0.3 is 5.69 Å². The number of amides is 1. The smallest absolute Gasteiger partial charge is 0.346 e. The number of carbonyl (C=O) groups is 1. The van der Waals surface area contributed by atoms with Gasteiger partial charge < -0.3 is 10.6 Å². The quantitative estimate of drug-likeness (QED) is 0.736. The van der Waals surface area contributed by atoms with Crippen LogP contribution in [-0.2, 0) is 4.79 Å². The van der Waals surface area contributed by atoms with Crippen molar-refractivity contribution in [3.05, 3.63) is 22.5 Å². The number of hydrogen-bond donors (Lipinski definition) is 2. The van der Waals surface area contributed by atoms with E-state index in [0.29, 0.717) is 25.9 Å². The Kier molecular flexibility index (Phi) is 3.08. The fourth-order valence-corrected chi connectivity index (χ4v) is 1.99. The predicted molar refractivity (Wildman–Crippen MR) is 58.9 cm³/mol. The number of H-pyrrole nitrogens is 1. The molecule has 2 rings (SSSR count). The third kappa shape index (κ3) is 2.43. The first-order valence-corrected chi connectivity index (χ1v) is 5.37. The Hall–Kier alpha value is -1.92. The van der Waals surface area contributed by atoms with Crippen LogP contribution in [-0.4, -0.2) is 29.0 Å². The van der Waals surface area contributed by atoms with Crippen molar-refractivity contribution in [2.45, 2.75) is 12.8 Å². The first kappa shape index (κ1) is 11.6. The number of halogens is 1. The molecular formula is C10H13FN4O2. The SMILES string of the molecule is NC(=O)C1CCN(c2[nH]c(=O)ncc2F)CC1. The summed E-state index contributed by atoms with van der Waals surface area (Å²) in [5.74, 6) is -0.925. The summed E-state index contributed by atoms with van der Waals surface area (Å²) in [5.41, 5.74) is 4.62. The molecule has 1 saturated heterocycles. The van der Waals surface area contributed by atoms with E-state index in [1.807, 2.05) is 0 Å². The van der Waals surface area contributed by atoms with Crippen molar-refractivity contribution in [3.8, 4) is 0 Å². The normalized spacial score (nSPS) is 17.1. The van der Waals surface area contributed by atoms with E-state index in [1.165, 1.54) is 0 Å². The summed E-state index contributed by atoms with van der Waals surface area (Å²) in [6.45, 7) is 0.981. The molecule has 0 bridgehead atoms. The van der Waals surface area contributed by atoms with Gasteiger partial charge in [0.15, 0.2) is 5.82 Å². The highest BCUT2D eigenvalue weighted by atomic mass is 19.1. The van der Waals surface area contributed by atoms with Gasteiger partial charge in [0.1, 0.15) is 5.82 Å². The minimum atomic E-state index is -0.585. The van der Waals surface area contributed by atoms with Crippen molar-refractivity contribution in [2.75, 3.05) is 18.0 Å². The van der Waals surface area contributed by atoms with Crippen LogP contribution in [0, 0.1) is 11.7 Å². The number of carbonyl (C=O) groups excluding carboxylic acids is 1. The predicted octanol–water partition coefficient (Wildman–Crippen LogP) is -0.389. The second kappa shape index (κ2) is 4.52. The average Bonchev–Trinajstić information content (AvgIpc) is 2.32. The summed E-state index contributed by atoms with van der Waals surface area (Å²) < 4.78 is 13.4. The zero-order valence-corrected chi connectivity index (χ0v) is 9.15. The molecular weight excluding hydrogens is 227 g/mol. The van der Waals surface area contributed by atoms with Gasteiger partial charge in [-0.15, -0.1) is 0 Å². The maximum atomic E-state index is 13.4. The zero-order chi connectivity index (χ0) is 12.4. The number of nitrogens with zero attached hydrogens (tertiary/aromatic N) is 2. The Labute approximate surface area is 96.6 Å². The van der Waals surface area contributed by atoms with E-state index in [-0.39, 0.29) is 17.6 Å². The maximum absolute atomic E-state index is 13.4. The molecule has 0 atom stereocenters. The number of nitrogens with two attached hydrogens (primary N) is 1. The molecule has 6 nitrogen and oxygen atoms in total. The minimum absolute atomic E-state index is 0.132. The van der Waals surface area contributed by atoms with Crippen molar-refractivity contribution in [3.63, 3.8) is 0 Å². The maximum Gasteiger partial charge on any atom is 0.346 e. The van der Waals surface area contributed by atoms with Gasteiger partial charge in [-0.2, -0.15) is 4.98 Å². The molecule has 1 amide bonds. The number of aromatic amines is 1. The van der Waals surface area contributed by atoms with Crippen molar-refractivity contribution < 1.29 is 9.18 Å². The first-order valence-electron chi connectivity index (χ1n) is 5.37. The Morgan fingerprint density at radius 3 is 2.76 bits per heavy atom. The molecule has 0 saturated carbocycles. The van der Waals surface area contributed by atoms with E-state index >= 15 is 0 Å². The second-order valence-electron chi connectivity index (χ2n) is 4.05. The zero-order valence-electron chi connectivity index (χ0n) is 9.15. The van der Waals surface area contributed by atoms with Gasteiger partial charge in [0.2, 0.25) is 5.91 Å². The van der Waals surface area contributed by atoms with Gasteiger partial charge in [-0.1, -0.05) is 0 Å². The van der Waals surface area contributed by atoms with E-state index in [1.54, 1.807) is 4.90 Å². The largest absolute Gasteiger partial charge is 0.369 e. The molecule has 1 aliphatic heterocycles. The van der Waals surface area contributed by atoms with E-state index in [2.05, 4.69) is 9.97 Å². The van der Waals surface area contributed by atoms with Crippen LogP contribution >= 0.6 is 0 Å². The van der Waals surface area contributed by atoms with E-state index in [4.69, 9.17) is 5.73 Å². The van der Waals surface area contributed by atoms with Crippen LogP contribution in [0.5, 0.6) is 0 Å². The average molecular weight is 240 g/mol. The molecule has 1 aliphatic rings. The number of aromatic nitrogens is 2. The summed E-state index contributed by atoms with van der Waals surface area (Å²) in [5, 5.41) is 0. The van der Waals surface area contributed by atoms with Crippen molar-refractivity contribution in [1.29, 1.82) is 0 Å². The fraction of sp³-hybridized carbons (Fsp3) is 0.500. The molecule has 0 radical (unpaired) electrons. The standard InChI is InChI=1S/C10H13FN4O2/c11-7-5-13-10(17)14-9(7)15-3-1-6(2-4-15)8(12)16/h5-6H,1-4H2,(H2,12,16)(H,13,14,17). The van der Waals surface area contributed by atoms with Crippen molar-refractivity contribution in [2.24, 2.45) is 11.7 Å². The van der Waals surface area contributed by atoms with Crippen molar-refractivity contribution in [1.82, 2.24) is 9.97 Å². The molecule has 3 N–H and O–H groups in total. The molecule has 1 fully saturated rings. The molecule has 0 unspecified atom stereocenters. The van der Waals surface area contributed by atoms with Crippen LogP contribution in [0.1, 0.15) is 12.8 Å². The van der Waals surface area contributed by atoms with Gasteiger partial charge in [-0.3, -0.25) is 9.78 Å². The summed E-state index contributed by atoms with van der Waals surface area (Å²) in [6, 6.07) is 0. The van der Waals surface area contributed by atoms with Crippen LogP contribution < -0.4 is 16.3 Å². The Balaban J connectivity index is 2.13. The summed E-state index contributed by atoms with van der Waals surface area (Å²) in [6.07, 6.45) is 2.03. The van der Waals surface area contributed by atoms with Gasteiger partial charge in [-0.25, -0.2) is 9.18 Å². The molecule has 0 spiro atoms. The lowest BCUT2D eigenvalue weighted by atomic mass is 9.96. The Morgan fingerprint density at radius 1 is 1.53 bits per heavy atom. The number of nitrogens with one attached hydrogen (secondary N) is 1. The van der Waals surface area contributed by atoms with Crippen LogP contribution in [0.2, 0.25) is 0 Å². The highest BCUT2D eigenvalue weighted by Gasteiger charge is 2.25. The van der Waals surface area contributed by atoms with Crippen LogP contribution in [0.15, 0.2) is 11.0 Å². The number of piperidine rings is 1. The van der Waals surface area contributed by atoms with Crippen LogP contribution in [0.4, 0.5) is 10.2 Å². The first-order chi connectivity index (χ1) is 8.08. The minimum Gasteiger partial charge on any atom is -0.369 e. The third-order valence-corrected chi connectivity index (χ3v) is 2.96. The summed E-state index contributed by atoms with van der Waals surface area (Å²) in [7, 11) is 0. The second-order valence-corrected chi connectivity index (χ2v) is 4.05. The molecule has 1 aromatic rings. The third-order valence-electron chi connectivity index (χ3n) is 2.96. The highest BCUT2D eigenvalue weighted by molar-refractivity contribution is 5.76. The Bertz CT molecular complexity index is 479. The Morgan fingerprint density at radius 2 is 2.18 bits per heavy atom. The van der Waals surface area contributed by atoms with E-state index in [9.17, 15) is 14.0 Å². The van der Waals surface area contributed by atoms with Crippen LogP contribution in [0.3, 0.4) is 0 Å². The van der Waals surface area contributed by atoms with E-state index in [0.717, 1.165) is 6.20 Å².